The van der Waals surface area contributed by atoms with Gasteiger partial charge in [0.25, 0.3) is 0 Å². The van der Waals surface area contributed by atoms with Gasteiger partial charge in [-0.15, -0.1) is 0 Å². The van der Waals surface area contributed by atoms with Gasteiger partial charge in [-0.2, -0.15) is 5.06 Å². The molecule has 2 N–H and O–H groups in total. The standard InChI is InChI=1S/C21H31N3O5/c1-15(23-20(27)21(10-5-11-21)19(26)22-2)18(25)12-16-6-8-17(9-7-16)13-28-14-29-24(3)4/h6-9,15H,5,10-14H2,1-4H3,(H,22,26)(H,23,27)/t15-/m0/s1. The molecule has 160 valence electrons. The summed E-state index contributed by atoms with van der Waals surface area (Å²) in [6.07, 6.45) is 2.07. The first-order valence-corrected chi connectivity index (χ1v) is 9.80. The highest BCUT2D eigenvalue weighted by Crippen LogP contribution is 2.41. The summed E-state index contributed by atoms with van der Waals surface area (Å²) in [6, 6.07) is 6.88. The number of hydrogen-bond acceptors (Lipinski definition) is 6. The molecule has 0 unspecified atom stereocenters. The van der Waals surface area contributed by atoms with Crippen LogP contribution in [0.3, 0.4) is 0 Å². The van der Waals surface area contributed by atoms with Crippen LogP contribution < -0.4 is 10.6 Å². The molecule has 29 heavy (non-hydrogen) atoms. The minimum Gasteiger partial charge on any atom is -0.358 e. The molecule has 0 saturated heterocycles. The molecule has 1 saturated carbocycles. The molecule has 2 rings (SSSR count). The molecule has 2 amide bonds. The predicted octanol–water partition coefficient (Wildman–Crippen LogP) is 1.19. The third kappa shape index (κ3) is 6.09. The average molecular weight is 405 g/mol. The smallest absolute Gasteiger partial charge is 0.236 e. The first kappa shape index (κ1) is 23.0. The monoisotopic (exact) mass is 405 g/mol. The largest absolute Gasteiger partial charge is 0.358 e. The van der Waals surface area contributed by atoms with Crippen LogP contribution in [-0.2, 0) is 37.0 Å². The fourth-order valence-corrected chi connectivity index (χ4v) is 3.15. The lowest BCUT2D eigenvalue weighted by Crippen LogP contribution is -2.57. The lowest BCUT2D eigenvalue weighted by molar-refractivity contribution is -0.201. The number of hydroxylamine groups is 2. The second kappa shape index (κ2) is 10.5. The normalized spacial score (nSPS) is 16.0. The minimum absolute atomic E-state index is 0.104. The van der Waals surface area contributed by atoms with Crippen molar-refractivity contribution in [1.29, 1.82) is 0 Å². The summed E-state index contributed by atoms with van der Waals surface area (Å²) in [7, 11) is 5.08. The van der Waals surface area contributed by atoms with Crippen LogP contribution >= 0.6 is 0 Å². The van der Waals surface area contributed by atoms with Crippen molar-refractivity contribution >= 4 is 17.6 Å². The molecule has 8 nitrogen and oxygen atoms in total. The second-order valence-corrected chi connectivity index (χ2v) is 7.58. The molecule has 1 aliphatic carbocycles. The maximum Gasteiger partial charge on any atom is 0.236 e. The summed E-state index contributed by atoms with van der Waals surface area (Å²) in [5, 5.41) is 6.85. The lowest BCUT2D eigenvalue weighted by atomic mass is 9.67. The van der Waals surface area contributed by atoms with E-state index in [0.717, 1.165) is 17.5 Å². The first-order chi connectivity index (χ1) is 13.8. The van der Waals surface area contributed by atoms with Crippen LogP contribution in [0.1, 0.15) is 37.3 Å². The van der Waals surface area contributed by atoms with Crippen molar-refractivity contribution in [3.63, 3.8) is 0 Å². The van der Waals surface area contributed by atoms with E-state index in [1.807, 2.05) is 24.3 Å². The van der Waals surface area contributed by atoms with Crippen molar-refractivity contribution in [2.75, 3.05) is 27.9 Å². The van der Waals surface area contributed by atoms with Crippen LogP contribution in [0.25, 0.3) is 0 Å². The van der Waals surface area contributed by atoms with E-state index in [-0.39, 0.29) is 30.8 Å². The highest BCUT2D eigenvalue weighted by atomic mass is 16.8. The fraction of sp³-hybridized carbons (Fsp3) is 0.571. The Morgan fingerprint density at radius 1 is 1.10 bits per heavy atom. The zero-order valence-electron chi connectivity index (χ0n) is 17.6. The van der Waals surface area contributed by atoms with Gasteiger partial charge in [-0.1, -0.05) is 30.7 Å². The average Bonchev–Trinajstić information content (AvgIpc) is 2.65. The highest BCUT2D eigenvalue weighted by Gasteiger charge is 2.50. The van der Waals surface area contributed by atoms with E-state index in [2.05, 4.69) is 10.6 Å². The minimum atomic E-state index is -1.03. The van der Waals surface area contributed by atoms with Crippen molar-refractivity contribution < 1.29 is 24.0 Å². The number of Topliss-reactive ketones (excluding diaryl/α,β-unsaturated/α-hetero) is 1. The predicted molar refractivity (Wildman–Crippen MR) is 108 cm³/mol. The van der Waals surface area contributed by atoms with E-state index >= 15 is 0 Å². The zero-order chi connectivity index (χ0) is 21.4. The van der Waals surface area contributed by atoms with Gasteiger partial charge < -0.3 is 15.4 Å². The molecule has 1 aliphatic rings. The number of rotatable bonds is 11. The van der Waals surface area contributed by atoms with Gasteiger partial charge in [0.2, 0.25) is 11.8 Å². The molecule has 1 atom stereocenters. The van der Waals surface area contributed by atoms with Gasteiger partial charge in [-0.3, -0.25) is 19.2 Å². The van der Waals surface area contributed by atoms with Crippen molar-refractivity contribution in [3.8, 4) is 0 Å². The molecule has 1 aromatic carbocycles. The summed E-state index contributed by atoms with van der Waals surface area (Å²) in [4.78, 5) is 42.3. The molecule has 0 aliphatic heterocycles. The Hall–Kier alpha value is -2.29. The number of nitrogens with one attached hydrogen (secondary N) is 2. The molecular weight excluding hydrogens is 374 g/mol. The summed E-state index contributed by atoms with van der Waals surface area (Å²) in [6.45, 7) is 2.24. The lowest BCUT2D eigenvalue weighted by Gasteiger charge is -2.38. The molecule has 0 bridgehead atoms. The number of hydrogen-bond donors (Lipinski definition) is 2. The molecule has 1 aromatic rings. The fourth-order valence-electron chi connectivity index (χ4n) is 3.15. The topological polar surface area (TPSA) is 97.0 Å². The number of carbonyl (C=O) groups excluding carboxylic acids is 3. The molecule has 0 radical (unpaired) electrons. The third-order valence-electron chi connectivity index (χ3n) is 5.20. The number of amides is 2. The number of ketones is 1. The van der Waals surface area contributed by atoms with Crippen LogP contribution in [0.4, 0.5) is 0 Å². The Bertz CT molecular complexity index is 714. The van der Waals surface area contributed by atoms with Crippen LogP contribution in [0.5, 0.6) is 0 Å². The molecule has 8 heteroatoms. The number of carbonyl (C=O) groups is 3. The molecule has 0 heterocycles. The Balaban J connectivity index is 1.83. The maximum atomic E-state index is 12.6. The van der Waals surface area contributed by atoms with Crippen molar-refractivity contribution in [1.82, 2.24) is 15.7 Å². The highest BCUT2D eigenvalue weighted by molar-refractivity contribution is 6.07. The Labute approximate surface area is 171 Å². The SMILES string of the molecule is CNC(=O)C1(C(=O)N[C@@H](C)C(=O)Cc2ccc(COCON(C)C)cc2)CCC1. The Kier molecular flexibility index (Phi) is 8.31. The summed E-state index contributed by atoms with van der Waals surface area (Å²) < 4.78 is 5.40. The quantitative estimate of drug-likeness (QED) is 0.248. The molecule has 0 aromatic heterocycles. The number of ether oxygens (including phenoxy) is 1. The number of benzene rings is 1. The first-order valence-electron chi connectivity index (χ1n) is 9.80. The van der Waals surface area contributed by atoms with Gasteiger partial charge in [0.15, 0.2) is 12.6 Å². The Morgan fingerprint density at radius 2 is 1.72 bits per heavy atom. The second-order valence-electron chi connectivity index (χ2n) is 7.58. The van der Waals surface area contributed by atoms with Gasteiger partial charge in [-0.25, -0.2) is 0 Å². The van der Waals surface area contributed by atoms with Gasteiger partial charge >= 0.3 is 0 Å². The van der Waals surface area contributed by atoms with Crippen LogP contribution in [0.2, 0.25) is 0 Å². The van der Waals surface area contributed by atoms with E-state index in [9.17, 15) is 14.4 Å². The third-order valence-corrected chi connectivity index (χ3v) is 5.20. The van der Waals surface area contributed by atoms with Crippen LogP contribution in [0, 0.1) is 5.41 Å². The van der Waals surface area contributed by atoms with Crippen molar-refractivity contribution in [3.05, 3.63) is 35.4 Å². The van der Waals surface area contributed by atoms with E-state index < -0.39 is 11.5 Å². The van der Waals surface area contributed by atoms with Gasteiger partial charge in [0.1, 0.15) is 5.41 Å². The maximum absolute atomic E-state index is 12.6. The van der Waals surface area contributed by atoms with Crippen molar-refractivity contribution in [2.24, 2.45) is 5.41 Å². The molecule has 1 fully saturated rings. The zero-order valence-corrected chi connectivity index (χ0v) is 17.6. The number of nitrogens with zero attached hydrogens (tertiary/aromatic N) is 1. The van der Waals surface area contributed by atoms with Gasteiger partial charge in [0.05, 0.1) is 12.6 Å². The van der Waals surface area contributed by atoms with Crippen LogP contribution in [-0.4, -0.2) is 56.6 Å². The van der Waals surface area contributed by atoms with Crippen molar-refractivity contribution in [2.45, 2.75) is 45.3 Å². The van der Waals surface area contributed by atoms with E-state index in [4.69, 9.17) is 9.57 Å². The Morgan fingerprint density at radius 3 is 2.24 bits per heavy atom. The molecular formula is C21H31N3O5. The van der Waals surface area contributed by atoms with Gasteiger partial charge in [-0.05, 0) is 30.9 Å². The summed E-state index contributed by atoms with van der Waals surface area (Å²) >= 11 is 0. The summed E-state index contributed by atoms with van der Waals surface area (Å²) in [5.74, 6) is -0.751. The van der Waals surface area contributed by atoms with E-state index in [0.29, 0.717) is 19.4 Å². The van der Waals surface area contributed by atoms with E-state index in [1.54, 1.807) is 26.1 Å². The van der Waals surface area contributed by atoms with Crippen LogP contribution in [0.15, 0.2) is 24.3 Å². The molecule has 0 spiro atoms. The van der Waals surface area contributed by atoms with E-state index in [1.165, 1.54) is 7.05 Å². The summed E-state index contributed by atoms with van der Waals surface area (Å²) in [5.41, 5.74) is 0.804. The van der Waals surface area contributed by atoms with Gasteiger partial charge in [0, 0.05) is 27.6 Å².